The molecule has 18 nitrogen and oxygen atoms in total. The highest BCUT2D eigenvalue weighted by Gasteiger charge is 2.38. The third-order valence-electron chi connectivity index (χ3n) is 8.00. The van der Waals surface area contributed by atoms with Gasteiger partial charge in [-0.1, -0.05) is 27.7 Å². The van der Waals surface area contributed by atoms with E-state index in [2.05, 4.69) is 26.6 Å². The van der Waals surface area contributed by atoms with Gasteiger partial charge in [0.2, 0.25) is 17.7 Å². The van der Waals surface area contributed by atoms with E-state index in [0.717, 1.165) is 7.11 Å². The first-order chi connectivity index (χ1) is 24.0. The maximum absolute atomic E-state index is 13.4. The lowest BCUT2D eigenvalue weighted by Gasteiger charge is -2.26. The quantitative estimate of drug-likeness (QED) is 0.0279. The van der Waals surface area contributed by atoms with Crippen LogP contribution in [0, 0.1) is 5.92 Å². The molecule has 296 valence electrons. The third-order valence-corrected chi connectivity index (χ3v) is 8.00. The van der Waals surface area contributed by atoms with Crippen molar-refractivity contribution in [3.63, 3.8) is 0 Å². The van der Waals surface area contributed by atoms with Crippen LogP contribution in [0.1, 0.15) is 85.5 Å². The molecule has 0 aliphatic heterocycles. The summed E-state index contributed by atoms with van der Waals surface area (Å²) in [5.74, 6) is -4.84. The number of Topliss-reactive ketones (excluding diaryl/α,β-unsaturated/α-hetero) is 1. The minimum atomic E-state index is -2.14. The first-order valence-corrected chi connectivity index (χ1v) is 17.7. The van der Waals surface area contributed by atoms with Crippen molar-refractivity contribution in [3.8, 4) is 0 Å². The molecule has 0 rings (SSSR count). The number of carbonyl (C=O) groups is 6. The largest absolute Gasteiger partial charge is 0.467 e. The Bertz CT molecular complexity index is 1080. The summed E-state index contributed by atoms with van der Waals surface area (Å²) in [6.45, 7) is 7.44. The van der Waals surface area contributed by atoms with Crippen molar-refractivity contribution in [1.29, 1.82) is 0 Å². The second-order valence-corrected chi connectivity index (χ2v) is 13.1. The number of aliphatic hydroxyl groups is 4. The maximum Gasteiger partial charge on any atom is 0.328 e. The topological polar surface area (TPSA) is 305 Å². The summed E-state index contributed by atoms with van der Waals surface area (Å²) in [4.78, 5) is 76.1. The van der Waals surface area contributed by atoms with Gasteiger partial charge in [0.25, 0.3) is 5.91 Å². The van der Waals surface area contributed by atoms with Gasteiger partial charge in [-0.25, -0.2) is 4.79 Å². The summed E-state index contributed by atoms with van der Waals surface area (Å²) in [7, 11) is 1.15. The molecule has 13 N–H and O–H groups in total. The van der Waals surface area contributed by atoms with Gasteiger partial charge in [0.15, 0.2) is 11.9 Å². The minimum absolute atomic E-state index is 0.000357. The fourth-order valence-electron chi connectivity index (χ4n) is 4.83. The Balaban J connectivity index is 5.41. The van der Waals surface area contributed by atoms with Crippen molar-refractivity contribution in [2.24, 2.45) is 17.4 Å². The molecule has 0 heterocycles. The molecule has 51 heavy (non-hydrogen) atoms. The van der Waals surface area contributed by atoms with Gasteiger partial charge in [-0.05, 0) is 70.9 Å². The van der Waals surface area contributed by atoms with Gasteiger partial charge in [0.1, 0.15) is 36.4 Å². The molecular formula is C33H63N7O11. The molecule has 0 fully saturated rings. The summed E-state index contributed by atoms with van der Waals surface area (Å²) >= 11 is 0. The fourth-order valence-corrected chi connectivity index (χ4v) is 4.83. The summed E-state index contributed by atoms with van der Waals surface area (Å²) in [5.41, 5.74) is 11.2. The molecule has 0 aromatic rings. The molecule has 0 bridgehead atoms. The van der Waals surface area contributed by atoms with Crippen molar-refractivity contribution >= 4 is 35.4 Å². The molecule has 0 saturated carbocycles. The Labute approximate surface area is 300 Å². The number of unbranched alkanes of at least 4 members (excludes halogenated alkanes) is 3. The Morgan fingerprint density at radius 1 is 0.627 bits per heavy atom. The van der Waals surface area contributed by atoms with Crippen molar-refractivity contribution in [2.45, 2.75) is 134 Å². The van der Waals surface area contributed by atoms with Crippen LogP contribution in [-0.2, 0) is 33.5 Å². The number of esters is 1. The zero-order chi connectivity index (χ0) is 39.1. The summed E-state index contributed by atoms with van der Waals surface area (Å²) in [6.07, 6.45) is -5.02. The highest BCUT2D eigenvalue weighted by molar-refractivity contribution is 5.93. The average molecular weight is 734 g/mol. The van der Waals surface area contributed by atoms with Crippen molar-refractivity contribution < 1.29 is 53.9 Å². The number of rotatable bonds is 28. The number of nitrogens with two attached hydrogens (primary N) is 2. The number of carbonyl (C=O) groups excluding carboxylic acids is 6. The number of aliphatic hydroxyl groups excluding tert-OH is 4. The lowest BCUT2D eigenvalue weighted by atomic mass is 9.94. The lowest BCUT2D eigenvalue weighted by molar-refractivity contribution is -0.155. The number of hydrogen-bond acceptors (Lipinski definition) is 14. The van der Waals surface area contributed by atoms with Gasteiger partial charge in [0, 0.05) is 18.5 Å². The van der Waals surface area contributed by atoms with Gasteiger partial charge >= 0.3 is 5.97 Å². The van der Waals surface area contributed by atoms with Gasteiger partial charge in [-0.3, -0.25) is 24.0 Å². The van der Waals surface area contributed by atoms with Crippen LogP contribution in [0.4, 0.5) is 0 Å². The smallest absolute Gasteiger partial charge is 0.328 e. The molecule has 0 aliphatic carbocycles. The van der Waals surface area contributed by atoms with E-state index in [9.17, 15) is 49.2 Å². The molecule has 4 unspecified atom stereocenters. The number of ketones is 1. The fraction of sp³-hybridized carbons (Fsp3) is 0.818. The lowest BCUT2D eigenvalue weighted by Crippen LogP contribution is -2.56. The van der Waals surface area contributed by atoms with Crippen LogP contribution >= 0.6 is 0 Å². The standard InChI is InChI=1S/C33H63N7O11/c1-19(2)25(42)26(43)27(44)28(45)29(46)32(49)36-17-11-8-14-23(33(50)51-5)40-31(48)22(13-7-10-16-35)39-30(47)21(12-6-9-15-34)38-24(41)18-37-20(3)4/h19-23,26-29,37,43-46H,6-18,34-35H2,1-5H3,(H,36,49)(H,38,41)(H,39,47)(H,40,48)/t21-,22-,23-,26?,27?,28?,29?/m0/s1. The monoisotopic (exact) mass is 733 g/mol. The van der Waals surface area contributed by atoms with Crippen LogP contribution in [0.25, 0.3) is 0 Å². The van der Waals surface area contributed by atoms with Crippen molar-refractivity contribution in [2.75, 3.05) is 33.3 Å². The minimum Gasteiger partial charge on any atom is -0.467 e. The van der Waals surface area contributed by atoms with Gasteiger partial charge < -0.3 is 63.2 Å². The predicted octanol–water partition coefficient (Wildman–Crippen LogP) is -3.18. The zero-order valence-electron chi connectivity index (χ0n) is 30.7. The van der Waals surface area contributed by atoms with E-state index in [1.54, 1.807) is 0 Å². The highest BCUT2D eigenvalue weighted by atomic mass is 16.5. The molecular weight excluding hydrogens is 670 g/mol. The van der Waals surface area contributed by atoms with Crippen LogP contribution in [-0.4, -0.2) is 138 Å². The zero-order valence-corrected chi connectivity index (χ0v) is 30.7. The summed E-state index contributed by atoms with van der Waals surface area (Å²) in [6, 6.07) is -3.05. The van der Waals surface area contributed by atoms with Gasteiger partial charge in [-0.15, -0.1) is 0 Å². The van der Waals surface area contributed by atoms with Crippen LogP contribution in [0.3, 0.4) is 0 Å². The van der Waals surface area contributed by atoms with Crippen LogP contribution in [0.15, 0.2) is 0 Å². The summed E-state index contributed by atoms with van der Waals surface area (Å²) in [5, 5.41) is 53.6. The van der Waals surface area contributed by atoms with E-state index < -0.39 is 77.9 Å². The van der Waals surface area contributed by atoms with Gasteiger partial charge in [-0.2, -0.15) is 0 Å². The third kappa shape index (κ3) is 19.2. The first kappa shape index (κ1) is 47.7. The number of amides is 4. The van der Waals surface area contributed by atoms with E-state index in [0.29, 0.717) is 45.2 Å². The Morgan fingerprint density at radius 3 is 1.59 bits per heavy atom. The molecule has 0 radical (unpaired) electrons. The van der Waals surface area contributed by atoms with E-state index in [-0.39, 0.29) is 50.7 Å². The predicted molar refractivity (Wildman–Crippen MR) is 187 cm³/mol. The molecule has 7 atom stereocenters. The van der Waals surface area contributed by atoms with Crippen LogP contribution in [0.5, 0.6) is 0 Å². The Kier molecular flexibility index (Phi) is 24.8. The van der Waals surface area contributed by atoms with E-state index in [4.69, 9.17) is 16.2 Å². The SMILES string of the molecule is COC(=O)[C@H](CCCCNC(=O)C(O)C(O)C(O)C(O)C(=O)C(C)C)NC(=O)[C@H](CCCCN)NC(=O)[C@H](CCCCN)NC(=O)CNC(C)C. The number of hydrogen-bond donors (Lipinski definition) is 11. The second-order valence-electron chi connectivity index (χ2n) is 13.1. The van der Waals surface area contributed by atoms with Gasteiger partial charge in [0.05, 0.1) is 13.7 Å². The van der Waals surface area contributed by atoms with Crippen LogP contribution < -0.4 is 38.1 Å². The molecule has 0 spiro atoms. The van der Waals surface area contributed by atoms with E-state index in [1.165, 1.54) is 13.8 Å². The Morgan fingerprint density at radius 2 is 1.10 bits per heavy atom. The Hall–Kier alpha value is -3.26. The number of methoxy groups -OCH3 is 1. The number of nitrogens with one attached hydrogen (secondary N) is 5. The van der Waals surface area contributed by atoms with E-state index in [1.807, 2.05) is 13.8 Å². The first-order valence-electron chi connectivity index (χ1n) is 17.7. The maximum atomic E-state index is 13.4. The van der Waals surface area contributed by atoms with Crippen molar-refractivity contribution in [3.05, 3.63) is 0 Å². The number of ether oxygens (including phenoxy) is 1. The highest BCUT2D eigenvalue weighted by Crippen LogP contribution is 2.11. The van der Waals surface area contributed by atoms with Crippen molar-refractivity contribution in [1.82, 2.24) is 26.6 Å². The summed E-state index contributed by atoms with van der Waals surface area (Å²) < 4.78 is 4.86. The molecule has 4 amide bonds. The second kappa shape index (κ2) is 26.5. The molecule has 18 heteroatoms. The van der Waals surface area contributed by atoms with E-state index >= 15 is 0 Å². The average Bonchev–Trinajstić information content (AvgIpc) is 3.10. The molecule has 0 saturated heterocycles. The molecule has 0 aliphatic rings. The molecule has 0 aromatic carbocycles. The molecule has 0 aromatic heterocycles. The van der Waals surface area contributed by atoms with Crippen LogP contribution in [0.2, 0.25) is 0 Å². The normalized spacial score (nSPS) is 15.5.